The van der Waals surface area contributed by atoms with Crippen molar-refractivity contribution in [3.05, 3.63) is 68.7 Å². The molecule has 1 amide bonds. The quantitative estimate of drug-likeness (QED) is 0.400. The number of hydrogen-bond donors (Lipinski definition) is 1. The lowest BCUT2D eigenvalue weighted by Crippen LogP contribution is -2.30. The largest absolute Gasteiger partial charge is 0.449 e. The molecule has 0 saturated heterocycles. The second kappa shape index (κ2) is 9.32. The number of amides is 1. The van der Waals surface area contributed by atoms with E-state index in [2.05, 4.69) is 19.2 Å². The Kier molecular flexibility index (Phi) is 7.12. The molecule has 1 N–H and O–H groups in total. The Morgan fingerprint density at radius 3 is 2.50 bits per heavy atom. The molecule has 2 atom stereocenters. The smallest absolute Gasteiger partial charge is 0.340 e. The molecule has 2 unspecified atom stereocenters. The predicted octanol–water partition coefficient (Wildman–Crippen LogP) is 4.95. The molecule has 0 saturated carbocycles. The number of non-ortho nitro benzene ring substituents is 1. The summed E-state index contributed by atoms with van der Waals surface area (Å²) in [5, 5.41) is 13.4. The number of ether oxygens (including phenoxy) is 1. The fourth-order valence-electron chi connectivity index (χ4n) is 2.56. The lowest BCUT2D eigenvalue weighted by molar-refractivity contribution is -0.384. The van der Waals surface area contributed by atoms with E-state index in [1.165, 1.54) is 13.0 Å². The number of para-hydroxylation sites is 1. The molecule has 0 aliphatic rings. The van der Waals surface area contributed by atoms with E-state index in [9.17, 15) is 19.7 Å². The Balaban J connectivity index is 2.09. The molecule has 8 heteroatoms. The van der Waals surface area contributed by atoms with Gasteiger partial charge < -0.3 is 10.1 Å². The number of esters is 1. The highest BCUT2D eigenvalue weighted by molar-refractivity contribution is 6.33. The van der Waals surface area contributed by atoms with Crippen LogP contribution in [-0.2, 0) is 9.53 Å². The molecular weight excluding hydrogens is 384 g/mol. The van der Waals surface area contributed by atoms with Crippen molar-refractivity contribution in [2.75, 3.05) is 5.32 Å². The van der Waals surface area contributed by atoms with Crippen molar-refractivity contribution in [3.8, 4) is 0 Å². The maximum absolute atomic E-state index is 12.5. The van der Waals surface area contributed by atoms with Crippen LogP contribution in [0.1, 0.15) is 49.0 Å². The summed E-state index contributed by atoms with van der Waals surface area (Å²) >= 11 is 5.93. The minimum atomic E-state index is -1.08. The molecule has 0 fully saturated rings. The summed E-state index contributed by atoms with van der Waals surface area (Å²) < 4.78 is 5.17. The van der Waals surface area contributed by atoms with E-state index in [-0.39, 0.29) is 22.2 Å². The van der Waals surface area contributed by atoms with E-state index in [0.29, 0.717) is 5.69 Å². The monoisotopic (exact) mass is 404 g/mol. The van der Waals surface area contributed by atoms with Gasteiger partial charge in [0.1, 0.15) is 0 Å². The number of carbonyl (C=O) groups is 2. The van der Waals surface area contributed by atoms with Crippen LogP contribution < -0.4 is 5.32 Å². The second-order valence-electron chi connectivity index (χ2n) is 6.35. The molecule has 0 aliphatic heterocycles. The third-order valence-electron chi connectivity index (χ3n) is 4.40. The van der Waals surface area contributed by atoms with Crippen molar-refractivity contribution >= 4 is 34.9 Å². The number of rotatable bonds is 7. The molecule has 28 heavy (non-hydrogen) atoms. The zero-order chi connectivity index (χ0) is 20.8. The molecule has 0 bridgehead atoms. The van der Waals surface area contributed by atoms with Gasteiger partial charge in [0.2, 0.25) is 0 Å². The molecular formula is C20H21ClN2O5. The molecule has 7 nitrogen and oxygen atoms in total. The Morgan fingerprint density at radius 2 is 1.89 bits per heavy atom. The Bertz CT molecular complexity index is 900. The fourth-order valence-corrected chi connectivity index (χ4v) is 2.81. The maximum Gasteiger partial charge on any atom is 0.340 e. The van der Waals surface area contributed by atoms with Crippen molar-refractivity contribution < 1.29 is 19.2 Å². The Morgan fingerprint density at radius 1 is 1.21 bits per heavy atom. The third kappa shape index (κ3) is 5.07. The number of benzene rings is 2. The topological polar surface area (TPSA) is 98.5 Å². The molecule has 2 aromatic rings. The van der Waals surface area contributed by atoms with Crippen molar-refractivity contribution in [3.63, 3.8) is 0 Å². The van der Waals surface area contributed by atoms with Crippen LogP contribution in [0.5, 0.6) is 0 Å². The first-order valence-corrected chi connectivity index (χ1v) is 9.17. The van der Waals surface area contributed by atoms with Gasteiger partial charge in [-0.05, 0) is 37.0 Å². The average Bonchev–Trinajstić information content (AvgIpc) is 2.67. The number of carbonyl (C=O) groups excluding carboxylic acids is 2. The number of anilines is 1. The highest BCUT2D eigenvalue weighted by atomic mass is 35.5. The van der Waals surface area contributed by atoms with Crippen molar-refractivity contribution in [1.82, 2.24) is 0 Å². The zero-order valence-corrected chi connectivity index (χ0v) is 16.5. The van der Waals surface area contributed by atoms with Crippen LogP contribution in [0, 0.1) is 10.1 Å². The fraction of sp³-hybridized carbons (Fsp3) is 0.300. The van der Waals surface area contributed by atoms with Crippen LogP contribution in [0.3, 0.4) is 0 Å². The van der Waals surface area contributed by atoms with Crippen LogP contribution >= 0.6 is 11.6 Å². The van der Waals surface area contributed by atoms with Crippen molar-refractivity contribution in [2.45, 2.75) is 39.2 Å². The van der Waals surface area contributed by atoms with E-state index >= 15 is 0 Å². The summed E-state index contributed by atoms with van der Waals surface area (Å²) in [7, 11) is 0. The second-order valence-corrected chi connectivity index (χ2v) is 6.76. The van der Waals surface area contributed by atoms with Gasteiger partial charge in [0, 0.05) is 17.8 Å². The van der Waals surface area contributed by atoms with Gasteiger partial charge in [-0.25, -0.2) is 4.79 Å². The van der Waals surface area contributed by atoms with Gasteiger partial charge in [-0.15, -0.1) is 0 Å². The summed E-state index contributed by atoms with van der Waals surface area (Å²) in [6.45, 7) is 5.56. The van der Waals surface area contributed by atoms with Gasteiger partial charge in [0.15, 0.2) is 6.10 Å². The first-order valence-electron chi connectivity index (χ1n) is 8.79. The van der Waals surface area contributed by atoms with Crippen LogP contribution in [0.25, 0.3) is 0 Å². The van der Waals surface area contributed by atoms with Crippen LogP contribution in [0.4, 0.5) is 11.4 Å². The van der Waals surface area contributed by atoms with Gasteiger partial charge in [-0.2, -0.15) is 0 Å². The van der Waals surface area contributed by atoms with E-state index in [1.54, 1.807) is 6.07 Å². The van der Waals surface area contributed by atoms with Gasteiger partial charge in [0.25, 0.3) is 11.6 Å². The first-order chi connectivity index (χ1) is 13.2. The summed E-state index contributed by atoms with van der Waals surface area (Å²) in [5.74, 6) is -1.06. The first kappa shape index (κ1) is 21.4. The van der Waals surface area contributed by atoms with Gasteiger partial charge >= 0.3 is 5.97 Å². The summed E-state index contributed by atoms with van der Waals surface area (Å²) in [4.78, 5) is 34.9. The molecule has 0 radical (unpaired) electrons. The van der Waals surface area contributed by atoms with Gasteiger partial charge in [-0.3, -0.25) is 14.9 Å². The standard InChI is InChI=1S/C20H21ClN2O5/c1-4-12(2)15-7-5-6-8-18(15)22-19(24)13(3)28-20(25)16-10-9-14(23(26)27)11-17(16)21/h5-13H,4H2,1-3H3,(H,22,24). The third-order valence-corrected chi connectivity index (χ3v) is 4.71. The van der Waals surface area contributed by atoms with Crippen LogP contribution in [0.15, 0.2) is 42.5 Å². The molecule has 0 aliphatic carbocycles. The normalized spacial score (nSPS) is 12.7. The molecule has 0 spiro atoms. The summed E-state index contributed by atoms with van der Waals surface area (Å²) in [6.07, 6.45) is -0.167. The zero-order valence-electron chi connectivity index (χ0n) is 15.8. The molecule has 148 valence electrons. The molecule has 2 aromatic carbocycles. The maximum atomic E-state index is 12.5. The Hall–Kier alpha value is -2.93. The van der Waals surface area contributed by atoms with E-state index < -0.39 is 22.9 Å². The van der Waals surface area contributed by atoms with E-state index in [1.807, 2.05) is 18.2 Å². The summed E-state index contributed by atoms with van der Waals surface area (Å²) in [6, 6.07) is 10.9. The van der Waals surface area contributed by atoms with E-state index in [4.69, 9.17) is 16.3 Å². The number of nitrogens with zero attached hydrogens (tertiary/aromatic N) is 1. The number of halogens is 1. The lowest BCUT2D eigenvalue weighted by Gasteiger charge is -2.18. The minimum absolute atomic E-state index is 0.0491. The molecule has 2 rings (SSSR count). The van der Waals surface area contributed by atoms with Crippen molar-refractivity contribution in [1.29, 1.82) is 0 Å². The highest BCUT2D eigenvalue weighted by Gasteiger charge is 2.23. The number of nitro benzene ring substituents is 1. The Labute approximate surface area is 167 Å². The molecule has 0 aromatic heterocycles. The summed E-state index contributed by atoms with van der Waals surface area (Å²) in [5.41, 5.74) is 1.37. The van der Waals surface area contributed by atoms with E-state index in [0.717, 1.165) is 24.1 Å². The van der Waals surface area contributed by atoms with Crippen LogP contribution in [-0.4, -0.2) is 22.9 Å². The minimum Gasteiger partial charge on any atom is -0.449 e. The van der Waals surface area contributed by atoms with Crippen LogP contribution in [0.2, 0.25) is 5.02 Å². The average molecular weight is 405 g/mol. The van der Waals surface area contributed by atoms with Gasteiger partial charge in [0.05, 0.1) is 15.5 Å². The van der Waals surface area contributed by atoms with Crippen molar-refractivity contribution in [2.24, 2.45) is 0 Å². The predicted molar refractivity (Wildman–Crippen MR) is 107 cm³/mol. The number of nitrogens with one attached hydrogen (secondary N) is 1. The lowest BCUT2D eigenvalue weighted by atomic mass is 9.97. The number of nitro groups is 1. The molecule has 0 heterocycles. The van der Waals surface area contributed by atoms with Gasteiger partial charge in [-0.1, -0.05) is 43.6 Å². The SMILES string of the molecule is CCC(C)c1ccccc1NC(=O)C(C)OC(=O)c1ccc([N+](=O)[O-])cc1Cl. The highest BCUT2D eigenvalue weighted by Crippen LogP contribution is 2.27. The number of hydrogen-bond acceptors (Lipinski definition) is 5.